The predicted molar refractivity (Wildman–Crippen MR) is 106 cm³/mol. The Labute approximate surface area is 163 Å². The molecular formula is C20H25N3O5. The van der Waals surface area contributed by atoms with Crippen molar-refractivity contribution in [3.05, 3.63) is 52.6 Å². The second-order valence-electron chi connectivity index (χ2n) is 6.13. The number of carboxylic acid groups (broad SMARTS) is 1. The first-order valence-corrected chi connectivity index (χ1v) is 8.68. The van der Waals surface area contributed by atoms with Gasteiger partial charge in [-0.3, -0.25) is 9.59 Å². The van der Waals surface area contributed by atoms with Crippen molar-refractivity contribution in [2.75, 3.05) is 26.1 Å². The number of benzene rings is 2. The third-order valence-electron chi connectivity index (χ3n) is 4.29. The van der Waals surface area contributed by atoms with Crippen LogP contribution in [0.3, 0.4) is 0 Å². The third kappa shape index (κ3) is 5.14. The minimum Gasteiger partial charge on any atom is -0.496 e. The number of carboxylic acids is 1. The van der Waals surface area contributed by atoms with Gasteiger partial charge in [0.1, 0.15) is 18.0 Å². The van der Waals surface area contributed by atoms with Gasteiger partial charge in [-0.2, -0.15) is 0 Å². The van der Waals surface area contributed by atoms with Crippen molar-refractivity contribution in [3.8, 4) is 11.5 Å². The summed E-state index contributed by atoms with van der Waals surface area (Å²) in [7, 11) is 3.06. The lowest BCUT2D eigenvalue weighted by Crippen LogP contribution is -2.24. The largest absolute Gasteiger partial charge is 0.496 e. The molecular weight excluding hydrogens is 362 g/mol. The van der Waals surface area contributed by atoms with Crippen molar-refractivity contribution in [1.82, 2.24) is 5.32 Å². The maximum atomic E-state index is 12.6. The van der Waals surface area contributed by atoms with Crippen LogP contribution in [0.4, 0.5) is 5.69 Å². The minimum absolute atomic E-state index is 0.212. The van der Waals surface area contributed by atoms with Gasteiger partial charge in [-0.25, -0.2) is 0 Å². The Bertz CT molecular complexity index is 842. The van der Waals surface area contributed by atoms with Crippen LogP contribution >= 0.6 is 0 Å². The number of methoxy groups -OCH3 is 2. The van der Waals surface area contributed by atoms with Gasteiger partial charge in [0, 0.05) is 29.9 Å². The number of aliphatic carboxylic acids is 1. The van der Waals surface area contributed by atoms with E-state index in [0.717, 1.165) is 16.7 Å². The SMILES string of the molecule is COc1cc(C(=O)NCc2ccc(CN)cc2NCC(=O)O)cc(OC)c1C. The first kappa shape index (κ1) is 21.0. The number of amides is 1. The van der Waals surface area contributed by atoms with E-state index in [1.54, 1.807) is 18.2 Å². The summed E-state index contributed by atoms with van der Waals surface area (Å²) in [4.78, 5) is 23.5. The van der Waals surface area contributed by atoms with Gasteiger partial charge in [0.25, 0.3) is 5.91 Å². The van der Waals surface area contributed by atoms with Crippen molar-refractivity contribution >= 4 is 17.6 Å². The molecule has 0 radical (unpaired) electrons. The molecule has 0 unspecified atom stereocenters. The van der Waals surface area contributed by atoms with Crippen molar-refractivity contribution in [1.29, 1.82) is 0 Å². The van der Waals surface area contributed by atoms with Gasteiger partial charge in [-0.05, 0) is 36.2 Å². The second kappa shape index (κ2) is 9.61. The van der Waals surface area contributed by atoms with E-state index >= 15 is 0 Å². The molecule has 5 N–H and O–H groups in total. The summed E-state index contributed by atoms with van der Waals surface area (Å²) in [5, 5.41) is 14.6. The van der Waals surface area contributed by atoms with Gasteiger partial charge in [-0.15, -0.1) is 0 Å². The number of nitrogens with two attached hydrogens (primary N) is 1. The van der Waals surface area contributed by atoms with Crippen LogP contribution in [-0.2, 0) is 17.9 Å². The van der Waals surface area contributed by atoms with E-state index in [1.807, 2.05) is 19.1 Å². The van der Waals surface area contributed by atoms with Crippen LogP contribution < -0.4 is 25.8 Å². The molecule has 2 aromatic rings. The van der Waals surface area contributed by atoms with E-state index in [9.17, 15) is 9.59 Å². The van der Waals surface area contributed by atoms with Gasteiger partial charge in [-0.1, -0.05) is 12.1 Å². The standard InChI is InChI=1S/C20H25N3O5/c1-12-17(27-2)7-15(8-18(12)28-3)20(26)23-10-14-5-4-13(9-21)6-16(14)22-11-19(24)25/h4-8,22H,9-11,21H2,1-3H3,(H,23,26)(H,24,25). The summed E-state index contributed by atoms with van der Waals surface area (Å²) in [6, 6.07) is 8.72. The summed E-state index contributed by atoms with van der Waals surface area (Å²) in [6.45, 7) is 2.15. The zero-order chi connectivity index (χ0) is 20.7. The molecule has 0 fully saturated rings. The van der Waals surface area contributed by atoms with Crippen molar-refractivity contribution in [2.45, 2.75) is 20.0 Å². The molecule has 0 atom stereocenters. The van der Waals surface area contributed by atoms with Gasteiger partial charge in [0.05, 0.1) is 14.2 Å². The zero-order valence-corrected chi connectivity index (χ0v) is 16.2. The van der Waals surface area contributed by atoms with Crippen LogP contribution in [0.15, 0.2) is 30.3 Å². The highest BCUT2D eigenvalue weighted by molar-refractivity contribution is 5.95. The highest BCUT2D eigenvalue weighted by atomic mass is 16.5. The zero-order valence-electron chi connectivity index (χ0n) is 16.2. The normalized spacial score (nSPS) is 10.3. The lowest BCUT2D eigenvalue weighted by Gasteiger charge is -2.15. The minimum atomic E-state index is -0.980. The van der Waals surface area contributed by atoms with Crippen molar-refractivity contribution in [3.63, 3.8) is 0 Å². The molecule has 150 valence electrons. The molecule has 8 nitrogen and oxygen atoms in total. The van der Waals surface area contributed by atoms with E-state index in [1.165, 1.54) is 14.2 Å². The Morgan fingerprint density at radius 3 is 2.29 bits per heavy atom. The summed E-state index contributed by atoms with van der Waals surface area (Å²) in [5.74, 6) is -0.170. The van der Waals surface area contributed by atoms with Crippen molar-refractivity contribution in [2.24, 2.45) is 5.73 Å². The average Bonchev–Trinajstić information content (AvgIpc) is 2.70. The Kier molecular flexibility index (Phi) is 7.22. The number of anilines is 1. The molecule has 0 spiro atoms. The highest BCUT2D eigenvalue weighted by Crippen LogP contribution is 2.29. The maximum Gasteiger partial charge on any atom is 0.322 e. The predicted octanol–water partition coefficient (Wildman–Crippen LogP) is 1.90. The molecule has 2 rings (SSSR count). The monoisotopic (exact) mass is 387 g/mol. The van der Waals surface area contributed by atoms with Crippen LogP contribution in [0.1, 0.15) is 27.0 Å². The molecule has 2 aromatic carbocycles. The lowest BCUT2D eigenvalue weighted by molar-refractivity contribution is -0.134. The van der Waals surface area contributed by atoms with E-state index in [-0.39, 0.29) is 19.0 Å². The highest BCUT2D eigenvalue weighted by Gasteiger charge is 2.14. The molecule has 8 heteroatoms. The first-order valence-electron chi connectivity index (χ1n) is 8.68. The van der Waals surface area contributed by atoms with Gasteiger partial charge < -0.3 is 30.9 Å². The smallest absolute Gasteiger partial charge is 0.322 e. The number of hydrogen-bond acceptors (Lipinski definition) is 6. The molecule has 0 aliphatic carbocycles. The van der Waals surface area contributed by atoms with Crippen molar-refractivity contribution < 1.29 is 24.2 Å². The molecule has 0 bridgehead atoms. The first-order chi connectivity index (χ1) is 13.4. The summed E-state index contributed by atoms with van der Waals surface area (Å²) in [6.07, 6.45) is 0. The Morgan fingerprint density at radius 2 is 1.75 bits per heavy atom. The Balaban J connectivity index is 2.19. The van der Waals surface area contributed by atoms with Crippen LogP contribution in [0.25, 0.3) is 0 Å². The number of carbonyl (C=O) groups is 2. The lowest BCUT2D eigenvalue weighted by atomic mass is 10.1. The van der Waals surface area contributed by atoms with E-state index in [4.69, 9.17) is 20.3 Å². The molecule has 0 heterocycles. The fraction of sp³-hybridized carbons (Fsp3) is 0.300. The fourth-order valence-corrected chi connectivity index (χ4v) is 2.73. The average molecular weight is 387 g/mol. The fourth-order valence-electron chi connectivity index (χ4n) is 2.73. The molecule has 0 saturated carbocycles. The maximum absolute atomic E-state index is 12.6. The van der Waals surface area contributed by atoms with Crippen LogP contribution in [0.5, 0.6) is 11.5 Å². The van der Waals surface area contributed by atoms with E-state index in [0.29, 0.717) is 29.3 Å². The third-order valence-corrected chi connectivity index (χ3v) is 4.29. The second-order valence-corrected chi connectivity index (χ2v) is 6.13. The van der Waals surface area contributed by atoms with E-state index in [2.05, 4.69) is 10.6 Å². The number of ether oxygens (including phenoxy) is 2. The quantitative estimate of drug-likeness (QED) is 0.518. The molecule has 0 aliphatic rings. The van der Waals surface area contributed by atoms with Crippen LogP contribution in [0, 0.1) is 6.92 Å². The van der Waals surface area contributed by atoms with Gasteiger partial charge >= 0.3 is 5.97 Å². The molecule has 28 heavy (non-hydrogen) atoms. The molecule has 0 aliphatic heterocycles. The summed E-state index contributed by atoms with van der Waals surface area (Å²) in [5.41, 5.74) is 9.08. The molecule has 0 aromatic heterocycles. The van der Waals surface area contributed by atoms with Crippen LogP contribution in [-0.4, -0.2) is 37.7 Å². The topological polar surface area (TPSA) is 123 Å². The molecule has 1 amide bonds. The van der Waals surface area contributed by atoms with Gasteiger partial charge in [0.2, 0.25) is 0 Å². The van der Waals surface area contributed by atoms with E-state index < -0.39 is 5.97 Å². The van der Waals surface area contributed by atoms with Crippen LogP contribution in [0.2, 0.25) is 0 Å². The summed E-state index contributed by atoms with van der Waals surface area (Å²) < 4.78 is 10.6. The summed E-state index contributed by atoms with van der Waals surface area (Å²) >= 11 is 0. The Morgan fingerprint density at radius 1 is 1.11 bits per heavy atom. The number of rotatable bonds is 9. The molecule has 0 saturated heterocycles. The Hall–Kier alpha value is -3.26. The number of carbonyl (C=O) groups excluding carboxylic acids is 1. The number of hydrogen-bond donors (Lipinski definition) is 4. The number of nitrogens with one attached hydrogen (secondary N) is 2. The van der Waals surface area contributed by atoms with Gasteiger partial charge in [0.15, 0.2) is 0 Å².